The van der Waals surface area contributed by atoms with Gasteiger partial charge < -0.3 is 0 Å². The van der Waals surface area contributed by atoms with Crippen LogP contribution in [0.15, 0.2) is 72.8 Å². The Morgan fingerprint density at radius 1 is 0.357 bits per heavy atom. The summed E-state index contributed by atoms with van der Waals surface area (Å²) in [4.78, 5) is 0. The molecule has 0 nitrogen and oxygen atoms in total. The van der Waals surface area contributed by atoms with Gasteiger partial charge in [-0.15, -0.1) is 0 Å². The van der Waals surface area contributed by atoms with Crippen LogP contribution < -0.4 is 31.8 Å². The normalized spacial score (nSPS) is 13.7. The van der Waals surface area contributed by atoms with E-state index in [1.165, 1.54) is 0 Å². The second-order valence-electron chi connectivity index (χ2n) is 7.37. The van der Waals surface area contributed by atoms with Crippen molar-refractivity contribution in [3.8, 4) is 0 Å². The Morgan fingerprint density at radius 3 is 0.821 bits per heavy atom. The van der Waals surface area contributed by atoms with Crippen LogP contribution in [0.4, 0.5) is 0 Å². The summed E-state index contributed by atoms with van der Waals surface area (Å²) in [5, 5.41) is 9.36. The van der Waals surface area contributed by atoms with Crippen molar-refractivity contribution >= 4 is 63.5 Å². The van der Waals surface area contributed by atoms with Crippen LogP contribution >= 0.6 is 31.7 Å². The molecule has 0 aromatic heterocycles. The fourth-order valence-corrected chi connectivity index (χ4v) is 11.8. The van der Waals surface area contributed by atoms with E-state index in [-0.39, 0.29) is 31.7 Å². The number of rotatable bonds is 6. The molecule has 0 bridgehead atoms. The Kier molecular flexibility index (Phi) is 7.82. The van der Waals surface area contributed by atoms with Crippen molar-refractivity contribution in [3.63, 3.8) is 0 Å². The molecule has 0 amide bonds. The highest BCUT2D eigenvalue weighted by Gasteiger charge is 2.21. The quantitative estimate of drug-likeness (QED) is 0.492. The molecule has 0 aliphatic heterocycles. The molecule has 3 aromatic carbocycles. The standard InChI is InChI=1S/C24H30P4/c1-25(2)19-13-7-9-15-21(19)27(5)23-17-11-12-18-24(23)28(6)22-16-10-8-14-20(22)26(3)4/h7-18H,1-6H3. The average molecular weight is 442 g/mol. The summed E-state index contributed by atoms with van der Waals surface area (Å²) < 4.78 is 0. The molecule has 0 spiro atoms. The second kappa shape index (κ2) is 9.92. The van der Waals surface area contributed by atoms with Crippen LogP contribution in [0.5, 0.6) is 0 Å². The molecule has 0 radical (unpaired) electrons. The lowest BCUT2D eigenvalue weighted by molar-refractivity contribution is 1.79. The van der Waals surface area contributed by atoms with Gasteiger partial charge in [0.15, 0.2) is 0 Å². The Hall–Kier alpha value is -0.620. The predicted octanol–water partition coefficient (Wildman–Crippen LogP) is 4.55. The van der Waals surface area contributed by atoms with Gasteiger partial charge >= 0.3 is 0 Å². The molecule has 0 aliphatic carbocycles. The topological polar surface area (TPSA) is 0 Å². The third-order valence-corrected chi connectivity index (χ3v) is 12.7. The van der Waals surface area contributed by atoms with Gasteiger partial charge in [0.05, 0.1) is 0 Å². The van der Waals surface area contributed by atoms with Gasteiger partial charge in [0, 0.05) is 0 Å². The lowest BCUT2D eigenvalue weighted by Crippen LogP contribution is -2.33. The van der Waals surface area contributed by atoms with Crippen molar-refractivity contribution in [2.45, 2.75) is 0 Å². The van der Waals surface area contributed by atoms with Crippen LogP contribution in [0.25, 0.3) is 0 Å². The molecule has 0 N–H and O–H groups in total. The van der Waals surface area contributed by atoms with Crippen molar-refractivity contribution in [2.24, 2.45) is 0 Å². The zero-order chi connectivity index (χ0) is 20.3. The Bertz CT molecular complexity index is 857. The van der Waals surface area contributed by atoms with Gasteiger partial charge in [-0.05, 0) is 87.7 Å². The molecule has 0 saturated heterocycles. The van der Waals surface area contributed by atoms with Gasteiger partial charge in [0.2, 0.25) is 0 Å². The number of hydrogen-bond acceptors (Lipinski definition) is 0. The van der Waals surface area contributed by atoms with Crippen LogP contribution in [-0.2, 0) is 0 Å². The SMILES string of the molecule is CP(C)c1ccccc1P(C)c1ccccc1P(C)c1ccccc1P(C)C. The summed E-state index contributed by atoms with van der Waals surface area (Å²) in [5.41, 5.74) is 0. The smallest absolute Gasteiger partial charge is 0.0118 e. The molecule has 0 fully saturated rings. The highest BCUT2D eigenvalue weighted by atomic mass is 31.1. The van der Waals surface area contributed by atoms with Crippen LogP contribution in [0, 0.1) is 0 Å². The first-order valence-electron chi connectivity index (χ1n) is 9.51. The van der Waals surface area contributed by atoms with Crippen LogP contribution in [-0.4, -0.2) is 40.0 Å². The van der Waals surface area contributed by atoms with Gasteiger partial charge in [0.1, 0.15) is 0 Å². The third-order valence-electron chi connectivity index (χ3n) is 5.05. The van der Waals surface area contributed by atoms with E-state index < -0.39 is 0 Å². The lowest BCUT2D eigenvalue weighted by atomic mass is 10.3. The van der Waals surface area contributed by atoms with Gasteiger partial charge in [0.25, 0.3) is 0 Å². The minimum Gasteiger partial charge on any atom is -0.0810 e. The van der Waals surface area contributed by atoms with Crippen molar-refractivity contribution in [3.05, 3.63) is 72.8 Å². The monoisotopic (exact) mass is 442 g/mol. The van der Waals surface area contributed by atoms with E-state index in [9.17, 15) is 0 Å². The number of benzene rings is 3. The largest absolute Gasteiger partial charge is 0.0810 e. The zero-order valence-electron chi connectivity index (χ0n) is 17.7. The van der Waals surface area contributed by atoms with E-state index in [1.54, 1.807) is 31.8 Å². The fourth-order valence-electron chi connectivity index (χ4n) is 3.54. The first kappa shape index (κ1) is 22.1. The molecule has 3 rings (SSSR count). The molecular weight excluding hydrogens is 412 g/mol. The Labute approximate surface area is 176 Å². The average Bonchev–Trinajstić information content (AvgIpc) is 2.72. The van der Waals surface area contributed by atoms with Gasteiger partial charge in [-0.2, -0.15) is 0 Å². The summed E-state index contributed by atoms with van der Waals surface area (Å²) in [6, 6.07) is 27.4. The maximum absolute atomic E-state index is 2.45. The molecule has 0 aliphatic rings. The lowest BCUT2D eigenvalue weighted by Gasteiger charge is -2.26. The first-order chi connectivity index (χ1) is 13.4. The van der Waals surface area contributed by atoms with Gasteiger partial charge in [-0.3, -0.25) is 0 Å². The van der Waals surface area contributed by atoms with E-state index in [0.29, 0.717) is 0 Å². The highest BCUT2D eigenvalue weighted by molar-refractivity contribution is 7.80. The molecule has 2 unspecified atom stereocenters. The molecule has 3 aromatic rings. The summed E-state index contributed by atoms with van der Waals surface area (Å²) >= 11 is 0. The van der Waals surface area contributed by atoms with E-state index in [1.807, 2.05) is 0 Å². The van der Waals surface area contributed by atoms with E-state index in [2.05, 4.69) is 113 Å². The molecule has 4 heteroatoms. The van der Waals surface area contributed by atoms with Crippen LogP contribution in [0.2, 0.25) is 0 Å². The van der Waals surface area contributed by atoms with E-state index in [0.717, 1.165) is 0 Å². The minimum atomic E-state index is -0.355. The number of hydrogen-bond donors (Lipinski definition) is 0. The van der Waals surface area contributed by atoms with Crippen molar-refractivity contribution < 1.29 is 0 Å². The van der Waals surface area contributed by atoms with Crippen LogP contribution in [0.1, 0.15) is 0 Å². The maximum Gasteiger partial charge on any atom is -0.0118 e. The third kappa shape index (κ3) is 4.75. The van der Waals surface area contributed by atoms with Gasteiger partial charge in [-0.25, -0.2) is 0 Å². The maximum atomic E-state index is 2.45. The molecule has 2 atom stereocenters. The Morgan fingerprint density at radius 2 is 0.571 bits per heavy atom. The van der Waals surface area contributed by atoms with Crippen molar-refractivity contribution in [1.82, 2.24) is 0 Å². The first-order valence-corrected chi connectivity index (χ1v) is 17.6. The summed E-state index contributed by atoms with van der Waals surface area (Å²) in [6.07, 6.45) is 0. The molecule has 0 heterocycles. The van der Waals surface area contributed by atoms with Crippen LogP contribution in [0.3, 0.4) is 0 Å². The summed E-state index contributed by atoms with van der Waals surface area (Å²) in [7, 11) is -0.905. The highest BCUT2D eigenvalue weighted by Crippen LogP contribution is 2.38. The van der Waals surface area contributed by atoms with E-state index in [4.69, 9.17) is 0 Å². The predicted molar refractivity (Wildman–Crippen MR) is 140 cm³/mol. The van der Waals surface area contributed by atoms with Gasteiger partial charge in [-0.1, -0.05) is 88.6 Å². The molecule has 28 heavy (non-hydrogen) atoms. The van der Waals surface area contributed by atoms with Crippen molar-refractivity contribution in [2.75, 3.05) is 40.0 Å². The van der Waals surface area contributed by atoms with Crippen molar-refractivity contribution in [1.29, 1.82) is 0 Å². The summed E-state index contributed by atoms with van der Waals surface area (Å²) in [5.74, 6) is 0. The second-order valence-corrected chi connectivity index (χ2v) is 16.1. The summed E-state index contributed by atoms with van der Waals surface area (Å²) in [6.45, 7) is 14.4. The molecule has 146 valence electrons. The minimum absolute atomic E-state index is 0.0977. The Balaban J connectivity index is 2.08. The molecule has 0 saturated carbocycles. The fraction of sp³-hybridized carbons (Fsp3) is 0.250. The zero-order valence-corrected chi connectivity index (χ0v) is 21.3. The molecular formula is C24H30P4. The van der Waals surface area contributed by atoms with E-state index >= 15 is 0 Å².